The van der Waals surface area contributed by atoms with E-state index in [1.807, 2.05) is 49.1 Å². The number of amides is 1. The standard InChI is InChI=1S/C21H21ClN4O/c1-3-26(19-6-4-5-15(2)11-19)21-24-13-17(14-25-21)20(27)23-12-16-7-9-18(22)10-8-16/h4-11,13-14H,3,12H2,1-2H3,(H,23,27). The quantitative estimate of drug-likeness (QED) is 0.682. The van der Waals surface area contributed by atoms with Crippen LogP contribution in [0.1, 0.15) is 28.4 Å². The Kier molecular flexibility index (Phi) is 6.04. The Bertz CT molecular complexity index is 910. The molecule has 1 heterocycles. The summed E-state index contributed by atoms with van der Waals surface area (Å²) < 4.78 is 0. The average Bonchev–Trinajstić information content (AvgIpc) is 2.68. The number of aryl methyl sites for hydroxylation is 1. The molecule has 0 saturated heterocycles. The first-order valence-corrected chi connectivity index (χ1v) is 9.13. The van der Waals surface area contributed by atoms with Crippen LogP contribution in [0.2, 0.25) is 5.02 Å². The second kappa shape index (κ2) is 8.64. The normalized spacial score (nSPS) is 10.5. The number of hydrogen-bond acceptors (Lipinski definition) is 4. The lowest BCUT2D eigenvalue weighted by atomic mass is 10.2. The van der Waals surface area contributed by atoms with Crippen molar-refractivity contribution in [2.45, 2.75) is 20.4 Å². The molecule has 0 aliphatic rings. The van der Waals surface area contributed by atoms with Gasteiger partial charge in [0.25, 0.3) is 5.91 Å². The highest BCUT2D eigenvalue weighted by Crippen LogP contribution is 2.22. The fraction of sp³-hybridized carbons (Fsp3) is 0.190. The minimum absolute atomic E-state index is 0.213. The molecule has 3 rings (SSSR count). The highest BCUT2D eigenvalue weighted by Gasteiger charge is 2.12. The fourth-order valence-electron chi connectivity index (χ4n) is 2.70. The number of anilines is 2. The Morgan fingerprint density at radius 1 is 1.11 bits per heavy atom. The van der Waals surface area contributed by atoms with Gasteiger partial charge in [-0.25, -0.2) is 9.97 Å². The van der Waals surface area contributed by atoms with Gasteiger partial charge in [0.2, 0.25) is 5.95 Å². The Morgan fingerprint density at radius 2 is 1.81 bits per heavy atom. The van der Waals surface area contributed by atoms with E-state index in [1.54, 1.807) is 24.5 Å². The molecular formula is C21H21ClN4O. The van der Waals surface area contributed by atoms with Crippen LogP contribution in [-0.4, -0.2) is 22.4 Å². The van der Waals surface area contributed by atoms with Crippen molar-refractivity contribution in [3.05, 3.63) is 82.6 Å². The van der Waals surface area contributed by atoms with Gasteiger partial charge in [0, 0.05) is 36.2 Å². The van der Waals surface area contributed by atoms with Gasteiger partial charge < -0.3 is 10.2 Å². The van der Waals surface area contributed by atoms with Crippen LogP contribution in [0.4, 0.5) is 11.6 Å². The largest absolute Gasteiger partial charge is 0.348 e. The summed E-state index contributed by atoms with van der Waals surface area (Å²) in [5.74, 6) is 0.354. The van der Waals surface area contributed by atoms with Gasteiger partial charge in [-0.3, -0.25) is 4.79 Å². The zero-order valence-corrected chi connectivity index (χ0v) is 16.1. The van der Waals surface area contributed by atoms with E-state index < -0.39 is 0 Å². The van der Waals surface area contributed by atoms with Crippen LogP contribution in [0.25, 0.3) is 0 Å². The van der Waals surface area contributed by atoms with Gasteiger partial charge in [0.05, 0.1) is 5.56 Å². The smallest absolute Gasteiger partial charge is 0.254 e. The van der Waals surface area contributed by atoms with Crippen LogP contribution < -0.4 is 10.2 Å². The van der Waals surface area contributed by atoms with E-state index in [1.165, 1.54) is 5.56 Å². The second-order valence-corrected chi connectivity index (χ2v) is 6.60. The molecule has 0 unspecified atom stereocenters. The van der Waals surface area contributed by atoms with E-state index in [4.69, 9.17) is 11.6 Å². The summed E-state index contributed by atoms with van der Waals surface area (Å²) in [6, 6.07) is 15.5. The van der Waals surface area contributed by atoms with E-state index in [-0.39, 0.29) is 5.91 Å². The summed E-state index contributed by atoms with van der Waals surface area (Å²) in [5, 5.41) is 3.53. The number of halogens is 1. The zero-order chi connectivity index (χ0) is 19.2. The maximum atomic E-state index is 12.3. The molecule has 6 heteroatoms. The Morgan fingerprint density at radius 3 is 2.44 bits per heavy atom. The summed E-state index contributed by atoms with van der Waals surface area (Å²) in [6.07, 6.45) is 3.11. The summed E-state index contributed by atoms with van der Waals surface area (Å²) in [4.78, 5) is 23.1. The number of hydrogen-bond donors (Lipinski definition) is 1. The molecule has 5 nitrogen and oxygen atoms in total. The van der Waals surface area contributed by atoms with Crippen molar-refractivity contribution in [1.82, 2.24) is 15.3 Å². The first-order valence-electron chi connectivity index (χ1n) is 8.75. The maximum Gasteiger partial charge on any atom is 0.254 e. The first-order chi connectivity index (χ1) is 13.1. The average molecular weight is 381 g/mol. The van der Waals surface area contributed by atoms with Crippen molar-refractivity contribution in [2.24, 2.45) is 0 Å². The van der Waals surface area contributed by atoms with Gasteiger partial charge in [-0.05, 0) is 49.2 Å². The lowest BCUT2D eigenvalue weighted by Gasteiger charge is -2.21. The van der Waals surface area contributed by atoms with Gasteiger partial charge >= 0.3 is 0 Å². The molecule has 0 saturated carbocycles. The fourth-order valence-corrected chi connectivity index (χ4v) is 2.83. The molecule has 1 aromatic heterocycles. The van der Waals surface area contributed by atoms with E-state index >= 15 is 0 Å². The number of rotatable bonds is 6. The number of nitrogens with one attached hydrogen (secondary N) is 1. The summed E-state index contributed by atoms with van der Waals surface area (Å²) in [6.45, 7) is 5.23. The van der Waals surface area contributed by atoms with Crippen molar-refractivity contribution in [3.63, 3.8) is 0 Å². The van der Waals surface area contributed by atoms with Crippen molar-refractivity contribution >= 4 is 29.1 Å². The lowest BCUT2D eigenvalue weighted by molar-refractivity contribution is 0.0950. The monoisotopic (exact) mass is 380 g/mol. The molecule has 0 aliphatic carbocycles. The molecule has 0 aliphatic heterocycles. The lowest BCUT2D eigenvalue weighted by Crippen LogP contribution is -2.24. The molecule has 2 aromatic carbocycles. The highest BCUT2D eigenvalue weighted by atomic mass is 35.5. The van der Waals surface area contributed by atoms with Crippen LogP contribution in [-0.2, 0) is 6.54 Å². The van der Waals surface area contributed by atoms with Crippen LogP contribution in [0.5, 0.6) is 0 Å². The molecule has 3 aromatic rings. The van der Waals surface area contributed by atoms with E-state index in [0.717, 1.165) is 17.8 Å². The number of nitrogens with zero attached hydrogens (tertiary/aromatic N) is 3. The molecule has 0 spiro atoms. The van der Waals surface area contributed by atoms with Crippen molar-refractivity contribution in [3.8, 4) is 0 Å². The highest BCUT2D eigenvalue weighted by molar-refractivity contribution is 6.30. The number of carbonyl (C=O) groups is 1. The van der Waals surface area contributed by atoms with E-state index in [0.29, 0.717) is 23.1 Å². The molecule has 0 bridgehead atoms. The third-order valence-electron chi connectivity index (χ3n) is 4.14. The van der Waals surface area contributed by atoms with Gasteiger partial charge in [0.15, 0.2) is 0 Å². The SMILES string of the molecule is CCN(c1cccc(C)c1)c1ncc(C(=O)NCc2ccc(Cl)cc2)cn1. The first kappa shape index (κ1) is 18.9. The summed E-state index contributed by atoms with van der Waals surface area (Å²) in [7, 11) is 0. The topological polar surface area (TPSA) is 58.1 Å². The minimum atomic E-state index is -0.213. The minimum Gasteiger partial charge on any atom is -0.348 e. The van der Waals surface area contributed by atoms with E-state index in [9.17, 15) is 4.79 Å². The maximum absolute atomic E-state index is 12.3. The molecule has 0 atom stereocenters. The van der Waals surface area contributed by atoms with Gasteiger partial charge in [-0.1, -0.05) is 35.9 Å². The molecule has 0 fully saturated rings. The van der Waals surface area contributed by atoms with Crippen LogP contribution in [0.3, 0.4) is 0 Å². The molecule has 27 heavy (non-hydrogen) atoms. The summed E-state index contributed by atoms with van der Waals surface area (Å²) in [5.41, 5.74) is 3.59. The predicted molar refractivity (Wildman–Crippen MR) is 109 cm³/mol. The van der Waals surface area contributed by atoms with Crippen LogP contribution >= 0.6 is 11.6 Å². The van der Waals surface area contributed by atoms with Gasteiger partial charge in [-0.2, -0.15) is 0 Å². The molecule has 0 radical (unpaired) electrons. The van der Waals surface area contributed by atoms with Crippen molar-refractivity contribution in [1.29, 1.82) is 0 Å². The number of aromatic nitrogens is 2. The third kappa shape index (κ3) is 4.83. The van der Waals surface area contributed by atoms with Crippen molar-refractivity contribution < 1.29 is 4.79 Å². The van der Waals surface area contributed by atoms with Crippen molar-refractivity contribution in [2.75, 3.05) is 11.4 Å². The molecule has 1 amide bonds. The zero-order valence-electron chi connectivity index (χ0n) is 15.3. The predicted octanol–water partition coefficient (Wildman–Crippen LogP) is 4.53. The van der Waals surface area contributed by atoms with Crippen LogP contribution in [0.15, 0.2) is 60.9 Å². The number of benzene rings is 2. The second-order valence-electron chi connectivity index (χ2n) is 6.16. The summed E-state index contributed by atoms with van der Waals surface area (Å²) >= 11 is 5.87. The van der Waals surface area contributed by atoms with E-state index in [2.05, 4.69) is 21.4 Å². The molecular weight excluding hydrogens is 360 g/mol. The van der Waals surface area contributed by atoms with Gasteiger partial charge in [0.1, 0.15) is 0 Å². The Balaban J connectivity index is 1.68. The third-order valence-corrected chi connectivity index (χ3v) is 4.39. The Labute approximate surface area is 164 Å². The molecule has 1 N–H and O–H groups in total. The molecule has 138 valence electrons. The number of carbonyl (C=O) groups excluding carboxylic acids is 1. The van der Waals surface area contributed by atoms with Gasteiger partial charge in [-0.15, -0.1) is 0 Å². The Hall–Kier alpha value is -2.92. The van der Waals surface area contributed by atoms with Crippen LogP contribution in [0, 0.1) is 6.92 Å².